The second-order valence-corrected chi connectivity index (χ2v) is 5.27. The van der Waals surface area contributed by atoms with Gasteiger partial charge in [0, 0.05) is 24.2 Å². The Morgan fingerprint density at radius 3 is 2.42 bits per heavy atom. The van der Waals surface area contributed by atoms with Gasteiger partial charge in [-0.1, -0.05) is 20.8 Å². The van der Waals surface area contributed by atoms with E-state index in [1.165, 1.54) is 6.20 Å². The number of hydrogen-bond acceptors (Lipinski definition) is 4. The van der Waals surface area contributed by atoms with Crippen LogP contribution in [0.2, 0.25) is 0 Å². The maximum atomic E-state index is 11.2. The molecule has 1 N–H and O–H groups in total. The first-order valence-corrected chi connectivity index (χ1v) is 5.90. The van der Waals surface area contributed by atoms with E-state index in [9.17, 15) is 9.90 Å². The van der Waals surface area contributed by atoms with E-state index in [1.54, 1.807) is 18.6 Å². The number of aromatic nitrogens is 3. The van der Waals surface area contributed by atoms with Gasteiger partial charge < -0.3 is 5.11 Å². The number of rotatable bonds is 2. The highest BCUT2D eigenvalue weighted by Crippen LogP contribution is 2.28. The molecule has 0 atom stereocenters. The van der Waals surface area contributed by atoms with Crippen molar-refractivity contribution >= 4 is 5.97 Å². The van der Waals surface area contributed by atoms with Crippen LogP contribution in [0.5, 0.6) is 0 Å². The third kappa shape index (κ3) is 2.76. The Bertz CT molecular complexity index is 604. The molecule has 2 heterocycles. The minimum absolute atomic E-state index is 0.0835. The van der Waals surface area contributed by atoms with Crippen LogP contribution in [0.1, 0.15) is 36.8 Å². The Kier molecular flexibility index (Phi) is 3.29. The lowest BCUT2D eigenvalue weighted by molar-refractivity contribution is 0.0687. The molecular formula is C14H15N3O2. The zero-order valence-electron chi connectivity index (χ0n) is 11.1. The van der Waals surface area contributed by atoms with Gasteiger partial charge in [0.05, 0.1) is 11.9 Å². The fourth-order valence-corrected chi connectivity index (χ4v) is 1.80. The van der Waals surface area contributed by atoms with Gasteiger partial charge in [0.15, 0.2) is 5.69 Å². The van der Waals surface area contributed by atoms with Crippen LogP contribution in [0.3, 0.4) is 0 Å². The van der Waals surface area contributed by atoms with Crippen molar-refractivity contribution < 1.29 is 9.90 Å². The number of hydrogen-bond donors (Lipinski definition) is 1. The standard InChI is InChI=1S/C14H15N3O2/c1-14(2,3)10-6-9(7-17-12(10)13(18)19)11-8-15-4-5-16-11/h4-8H,1-3H3,(H,18,19). The predicted molar refractivity (Wildman–Crippen MR) is 70.9 cm³/mol. The molecule has 0 radical (unpaired) electrons. The summed E-state index contributed by atoms with van der Waals surface area (Å²) in [4.78, 5) is 23.5. The highest BCUT2D eigenvalue weighted by molar-refractivity contribution is 5.88. The average molecular weight is 257 g/mol. The number of aromatic carboxylic acids is 1. The van der Waals surface area contributed by atoms with Crippen molar-refractivity contribution in [2.45, 2.75) is 26.2 Å². The first-order chi connectivity index (χ1) is 8.89. The molecule has 2 aromatic rings. The molecule has 5 nitrogen and oxygen atoms in total. The molecule has 98 valence electrons. The van der Waals surface area contributed by atoms with Crippen LogP contribution in [-0.2, 0) is 5.41 Å². The zero-order chi connectivity index (χ0) is 14.0. The van der Waals surface area contributed by atoms with Gasteiger partial charge in [0.1, 0.15) is 0 Å². The zero-order valence-corrected chi connectivity index (χ0v) is 11.1. The normalized spacial score (nSPS) is 11.3. The van der Waals surface area contributed by atoms with E-state index in [1.807, 2.05) is 26.8 Å². The van der Waals surface area contributed by atoms with Crippen LogP contribution in [0.25, 0.3) is 11.3 Å². The Hall–Kier alpha value is -2.30. The predicted octanol–water partition coefficient (Wildman–Crippen LogP) is 2.53. The van der Waals surface area contributed by atoms with Crippen molar-refractivity contribution in [2.24, 2.45) is 0 Å². The molecule has 0 amide bonds. The molecule has 5 heteroatoms. The summed E-state index contributed by atoms with van der Waals surface area (Å²) in [6.07, 6.45) is 6.33. The van der Waals surface area contributed by atoms with Crippen LogP contribution < -0.4 is 0 Å². The summed E-state index contributed by atoms with van der Waals surface area (Å²) in [6.45, 7) is 5.87. The van der Waals surface area contributed by atoms with Crippen molar-refractivity contribution in [2.75, 3.05) is 0 Å². The van der Waals surface area contributed by atoms with Crippen molar-refractivity contribution in [3.8, 4) is 11.3 Å². The van der Waals surface area contributed by atoms with Crippen molar-refractivity contribution in [3.63, 3.8) is 0 Å². The van der Waals surface area contributed by atoms with E-state index in [-0.39, 0.29) is 11.1 Å². The quantitative estimate of drug-likeness (QED) is 0.894. The topological polar surface area (TPSA) is 76.0 Å². The average Bonchev–Trinajstić information content (AvgIpc) is 2.38. The first-order valence-electron chi connectivity index (χ1n) is 5.90. The lowest BCUT2D eigenvalue weighted by Crippen LogP contribution is -2.18. The summed E-state index contributed by atoms with van der Waals surface area (Å²) in [6, 6.07) is 1.82. The van der Waals surface area contributed by atoms with E-state index in [0.717, 1.165) is 5.56 Å². The molecular weight excluding hydrogens is 242 g/mol. The summed E-state index contributed by atoms with van der Waals surface area (Å²) in [5.41, 5.74) is 1.91. The van der Waals surface area contributed by atoms with Crippen LogP contribution in [0, 0.1) is 0 Å². The summed E-state index contributed by atoms with van der Waals surface area (Å²) in [5, 5.41) is 9.20. The fraction of sp³-hybridized carbons (Fsp3) is 0.286. The largest absolute Gasteiger partial charge is 0.477 e. The van der Waals surface area contributed by atoms with Crippen molar-refractivity contribution in [3.05, 3.63) is 42.1 Å². The van der Waals surface area contributed by atoms with Crippen molar-refractivity contribution in [1.29, 1.82) is 0 Å². The number of nitrogens with zero attached hydrogens (tertiary/aromatic N) is 3. The summed E-state index contributed by atoms with van der Waals surface area (Å²) in [7, 11) is 0. The smallest absolute Gasteiger partial charge is 0.354 e. The molecule has 0 spiro atoms. The van der Waals surface area contributed by atoms with Gasteiger partial charge in [0.25, 0.3) is 0 Å². The molecule has 0 unspecified atom stereocenters. The maximum Gasteiger partial charge on any atom is 0.354 e. The van der Waals surface area contributed by atoms with Gasteiger partial charge in [-0.3, -0.25) is 9.97 Å². The number of pyridine rings is 1. The molecule has 0 aliphatic carbocycles. The van der Waals surface area contributed by atoms with Crippen LogP contribution >= 0.6 is 0 Å². The highest BCUT2D eigenvalue weighted by Gasteiger charge is 2.23. The second-order valence-electron chi connectivity index (χ2n) is 5.27. The lowest BCUT2D eigenvalue weighted by Gasteiger charge is -2.21. The number of carboxylic acid groups (broad SMARTS) is 1. The molecule has 0 aliphatic heterocycles. The van der Waals surface area contributed by atoms with Gasteiger partial charge in [-0.2, -0.15) is 0 Å². The summed E-state index contributed by atoms with van der Waals surface area (Å²) >= 11 is 0. The minimum atomic E-state index is -1.02. The van der Waals surface area contributed by atoms with E-state index >= 15 is 0 Å². The van der Waals surface area contributed by atoms with E-state index < -0.39 is 5.97 Å². The molecule has 0 aliphatic rings. The van der Waals surface area contributed by atoms with E-state index in [0.29, 0.717) is 11.3 Å². The minimum Gasteiger partial charge on any atom is -0.477 e. The molecule has 0 saturated carbocycles. The monoisotopic (exact) mass is 257 g/mol. The van der Waals surface area contributed by atoms with Gasteiger partial charge in [-0.05, 0) is 17.0 Å². The van der Waals surface area contributed by atoms with E-state index in [2.05, 4.69) is 15.0 Å². The first kappa shape index (κ1) is 13.1. The fourth-order valence-electron chi connectivity index (χ4n) is 1.80. The van der Waals surface area contributed by atoms with Gasteiger partial charge >= 0.3 is 5.97 Å². The third-order valence-electron chi connectivity index (χ3n) is 2.76. The molecule has 2 aromatic heterocycles. The Balaban J connectivity index is 2.60. The van der Waals surface area contributed by atoms with Gasteiger partial charge in [-0.15, -0.1) is 0 Å². The summed E-state index contributed by atoms with van der Waals surface area (Å²) < 4.78 is 0. The maximum absolute atomic E-state index is 11.2. The molecule has 2 rings (SSSR count). The number of carbonyl (C=O) groups is 1. The molecule has 19 heavy (non-hydrogen) atoms. The Morgan fingerprint density at radius 1 is 1.16 bits per heavy atom. The lowest BCUT2D eigenvalue weighted by atomic mass is 9.85. The third-order valence-corrected chi connectivity index (χ3v) is 2.76. The van der Waals surface area contributed by atoms with Crippen LogP contribution in [0.15, 0.2) is 30.9 Å². The summed E-state index contributed by atoms with van der Waals surface area (Å²) in [5.74, 6) is -1.02. The Labute approximate surface area is 111 Å². The van der Waals surface area contributed by atoms with Crippen LogP contribution in [-0.4, -0.2) is 26.0 Å². The molecule has 0 bridgehead atoms. The molecule has 0 fully saturated rings. The number of carboxylic acids is 1. The van der Waals surface area contributed by atoms with E-state index in [4.69, 9.17) is 0 Å². The highest BCUT2D eigenvalue weighted by atomic mass is 16.4. The molecule has 0 aromatic carbocycles. The molecule has 0 saturated heterocycles. The Morgan fingerprint density at radius 2 is 1.89 bits per heavy atom. The van der Waals surface area contributed by atoms with Crippen LogP contribution in [0.4, 0.5) is 0 Å². The SMILES string of the molecule is CC(C)(C)c1cc(-c2cnccn2)cnc1C(=O)O. The van der Waals surface area contributed by atoms with Crippen molar-refractivity contribution in [1.82, 2.24) is 15.0 Å². The second kappa shape index (κ2) is 4.76. The van der Waals surface area contributed by atoms with Gasteiger partial charge in [0.2, 0.25) is 0 Å². The van der Waals surface area contributed by atoms with Gasteiger partial charge in [-0.25, -0.2) is 9.78 Å².